The third-order valence-electron chi connectivity index (χ3n) is 9.00. The molecule has 30 nitrogen and oxygen atoms in total. The Morgan fingerprint density at radius 3 is 1.73 bits per heavy atom. The van der Waals surface area contributed by atoms with Gasteiger partial charge >= 0.3 is 158 Å². The van der Waals surface area contributed by atoms with E-state index in [1.54, 1.807) is 0 Å². The monoisotopic (exact) mass is 1250 g/mol. The van der Waals surface area contributed by atoms with Crippen molar-refractivity contribution in [3.63, 3.8) is 0 Å². The van der Waals surface area contributed by atoms with Gasteiger partial charge in [-0.25, -0.2) is 64.7 Å². The number of aromatic amines is 2. The molecule has 0 spiro atoms. The van der Waals surface area contributed by atoms with Gasteiger partial charge in [0.25, 0.3) is 0 Å². The van der Waals surface area contributed by atoms with Crippen molar-refractivity contribution in [1.29, 1.82) is 0 Å². The minimum atomic E-state index is -5.76. The van der Waals surface area contributed by atoms with Crippen LogP contribution >= 0.6 is 0 Å². The Kier molecular flexibility index (Phi) is 27.9. The fourth-order valence-electron chi connectivity index (χ4n) is 5.98. The second kappa shape index (κ2) is 29.2. The maximum absolute atomic E-state index is 14.2. The average Bonchev–Trinajstić information content (AvgIpc) is 3.24. The number of nitrogens with zero attached hydrogens (tertiary/aromatic N) is 5. The van der Waals surface area contributed by atoms with Crippen LogP contribution in [0.2, 0.25) is 0 Å². The first-order valence-corrected chi connectivity index (χ1v) is 29.1. The van der Waals surface area contributed by atoms with Crippen molar-refractivity contribution in [2.45, 2.75) is 24.5 Å². The van der Waals surface area contributed by atoms with Crippen LogP contribution in [0.4, 0.5) is 34.4 Å². The summed E-state index contributed by atoms with van der Waals surface area (Å²) in [4.78, 5) is 13.3. The molecule has 0 aliphatic heterocycles. The van der Waals surface area contributed by atoms with Crippen LogP contribution in [0.15, 0.2) is 136 Å². The summed E-state index contributed by atoms with van der Waals surface area (Å²) in [6.45, 7) is -2.00. The molecule has 0 fully saturated rings. The van der Waals surface area contributed by atoms with Crippen molar-refractivity contribution >= 4 is 116 Å². The third-order valence-corrected chi connectivity index (χ3v) is 15.8. The van der Waals surface area contributed by atoms with Gasteiger partial charge in [0.15, 0.2) is 19.7 Å². The average molecular weight is 1250 g/mol. The topological polar surface area (TPSA) is 499 Å². The molecule has 386 valence electrons. The molecule has 6 rings (SSSR count). The molecule has 1 aromatic heterocycles. The van der Waals surface area contributed by atoms with Crippen LogP contribution in [0, 0.1) is 0 Å². The molecule has 0 saturated heterocycles. The molecular weight excluding hydrogens is 1220 g/mol. The van der Waals surface area contributed by atoms with Crippen molar-refractivity contribution in [2.24, 2.45) is 20.2 Å². The normalized spacial score (nSPS) is 12.9. The van der Waals surface area contributed by atoms with Crippen molar-refractivity contribution in [1.82, 2.24) is 15.0 Å². The molecule has 0 atom stereocenters. The number of benzene rings is 5. The standard InChI is InChI=1S/C35H32N8O22S7.5Na/c44-32-30-20(17-29(70(55,56)57)31(32)43-42-26-6-1-2-7-28(26)69(52,53)54)16-25(68(49,50)51)19-27(30)38-35-40-33(36-21-8-10-23(11-9-21)66(45,46)14-12-64-71(58,59)60)39-34(41-35)37-22-4-3-5-24(18-22)67(47,48)15-13-65-72(61,62)63;;;;;/h1-11,16-19,44H,12-15H2,(H,49,50,51)(H,52,53,54)(H,55,56,57)(H,58,59,60)(H,61,62,63)(H3,36,37,38,39,40,41);;;;;/q;5*+1/p-5. The van der Waals surface area contributed by atoms with E-state index in [2.05, 4.69) is 48.8 Å². The molecule has 6 aromatic rings. The van der Waals surface area contributed by atoms with Crippen molar-refractivity contribution in [3.05, 3.63) is 102 Å². The van der Waals surface area contributed by atoms with E-state index in [1.165, 1.54) is 18.2 Å². The quantitative estimate of drug-likeness (QED) is 0.0253. The van der Waals surface area contributed by atoms with E-state index in [-0.39, 0.29) is 164 Å². The van der Waals surface area contributed by atoms with Gasteiger partial charge in [0.05, 0.1) is 66.3 Å². The number of anilines is 2. The summed E-state index contributed by atoms with van der Waals surface area (Å²) >= 11 is 0. The number of hydrogen-bond donors (Lipinski definition) is 4. The Morgan fingerprint density at radius 1 is 0.571 bits per heavy atom. The van der Waals surface area contributed by atoms with Crippen molar-refractivity contribution in [3.8, 4) is 5.75 Å². The van der Waals surface area contributed by atoms with Crippen LogP contribution in [-0.4, -0.2) is 121 Å². The van der Waals surface area contributed by atoms with Crippen molar-refractivity contribution in [2.75, 3.05) is 30.0 Å². The molecule has 0 bridgehead atoms. The van der Waals surface area contributed by atoms with E-state index < -0.39 is 166 Å². The number of H-pyrrole nitrogens is 2. The Morgan fingerprint density at radius 2 is 1.16 bits per heavy atom. The number of nitrogens with one attached hydrogen (secondary N) is 3. The molecule has 77 heavy (non-hydrogen) atoms. The van der Waals surface area contributed by atoms with E-state index in [4.69, 9.17) is 4.55 Å². The Bertz CT molecular complexity index is 4180. The van der Waals surface area contributed by atoms with Gasteiger partial charge < -0.3 is 28.6 Å². The van der Waals surface area contributed by atoms with Crippen LogP contribution in [-0.2, 0) is 79.2 Å². The summed E-state index contributed by atoms with van der Waals surface area (Å²) in [7, 11) is -35.4. The third kappa shape index (κ3) is 21.0. The summed E-state index contributed by atoms with van der Waals surface area (Å²) < 4.78 is 233. The number of rotatable bonds is 19. The fraction of sp³-hybridized carbons (Fsp3) is 0.114. The molecule has 0 aliphatic carbocycles. The number of sulfone groups is 2. The van der Waals surface area contributed by atoms with E-state index in [0.717, 1.165) is 54.6 Å². The number of aromatic nitrogens is 3. The molecule has 42 heteroatoms. The van der Waals surface area contributed by atoms with Gasteiger partial charge in [-0.3, -0.25) is 18.7 Å². The molecule has 0 saturated carbocycles. The summed E-state index contributed by atoms with van der Waals surface area (Å²) in [5, 5.41) is 22.5. The molecule has 0 unspecified atom stereocenters. The maximum atomic E-state index is 14.2. The van der Waals surface area contributed by atoms with Gasteiger partial charge in [-0.1, -0.05) is 23.9 Å². The van der Waals surface area contributed by atoms with Crippen LogP contribution in [0.25, 0.3) is 10.8 Å². The first-order valence-electron chi connectivity index (χ1n) is 18.8. The zero-order valence-corrected chi connectivity index (χ0v) is 55.8. The van der Waals surface area contributed by atoms with Gasteiger partial charge in [0.1, 0.15) is 36.0 Å². The van der Waals surface area contributed by atoms with Crippen LogP contribution in [0.3, 0.4) is 0 Å². The maximum Gasteiger partial charge on any atom is 1.00 e. The zero-order chi connectivity index (χ0) is 53.2. The zero-order valence-electron chi connectivity index (χ0n) is 40.1. The molecular formula is C35H27N8Na5O22S7. The van der Waals surface area contributed by atoms with Crippen LogP contribution < -0.4 is 169 Å². The fourth-order valence-corrected chi connectivity index (χ4v) is 10.8. The van der Waals surface area contributed by atoms with Gasteiger partial charge in [0.2, 0.25) is 27.6 Å². The summed E-state index contributed by atoms with van der Waals surface area (Å²) in [6, 6.07) is 14.3. The summed E-state index contributed by atoms with van der Waals surface area (Å²) in [5.74, 6) is -3.85. The van der Waals surface area contributed by atoms with Crippen LogP contribution in [0.1, 0.15) is 0 Å². The minimum absolute atomic E-state index is 0. The SMILES string of the molecule is O=S(=O)([O-])OCCS(=O)(=O)c1ccc(Nc2nc(=Nc3cccc(S(=O)(=O)CCOS(=O)(=O)O)c3)[nH]c(=Nc3cc(S(=O)(=O)[O-])cc4cc(S(=O)(=O)[O-])c(N=Nc5ccccc5S(=O)(=O)[O-])c([O-])c34)[nH]2)cc1.[Na+].[Na+].[Na+].[Na+].[Na+]. The number of azo groups is 1. The minimum Gasteiger partial charge on any atom is -0.870 e. The van der Waals surface area contributed by atoms with Gasteiger partial charge in [-0.15, -0.1) is 10.2 Å². The Hall–Kier alpha value is -1.46. The molecule has 5 aromatic carbocycles. The van der Waals surface area contributed by atoms with Gasteiger partial charge in [-0.2, -0.15) is 13.4 Å². The number of fused-ring (bicyclic) bond motifs is 1. The van der Waals surface area contributed by atoms with E-state index in [0.29, 0.717) is 18.2 Å². The molecule has 0 aliphatic rings. The van der Waals surface area contributed by atoms with Gasteiger partial charge in [-0.05, 0) is 78.2 Å². The molecule has 4 N–H and O–H groups in total. The molecule has 0 radical (unpaired) electrons. The second-order valence-electron chi connectivity index (χ2n) is 14.0. The Balaban J connectivity index is 0.00000593. The predicted octanol–water partition coefficient (Wildman–Crippen LogP) is -14.8. The largest absolute Gasteiger partial charge is 1.00 e. The van der Waals surface area contributed by atoms with E-state index >= 15 is 0 Å². The summed E-state index contributed by atoms with van der Waals surface area (Å²) in [5.41, 5.74) is -4.17. The summed E-state index contributed by atoms with van der Waals surface area (Å²) in [6.07, 6.45) is 0. The van der Waals surface area contributed by atoms with Crippen molar-refractivity contribution < 1.29 is 243 Å². The smallest absolute Gasteiger partial charge is 0.870 e. The van der Waals surface area contributed by atoms with E-state index in [1.807, 2.05) is 0 Å². The first kappa shape index (κ1) is 73.6. The van der Waals surface area contributed by atoms with E-state index in [9.17, 15) is 82.2 Å². The molecule has 1 heterocycles. The predicted molar refractivity (Wildman–Crippen MR) is 235 cm³/mol. The molecule has 0 amide bonds. The Labute approximate surface area is 548 Å². The van der Waals surface area contributed by atoms with Gasteiger partial charge in [0, 0.05) is 11.1 Å². The first-order chi connectivity index (χ1) is 33.2. The second-order valence-corrected chi connectivity index (χ2v) is 24.4. The van der Waals surface area contributed by atoms with Crippen LogP contribution in [0.5, 0.6) is 5.75 Å². The number of hydrogen-bond acceptors (Lipinski definition) is 27.